The van der Waals surface area contributed by atoms with Gasteiger partial charge < -0.3 is 9.47 Å². The van der Waals surface area contributed by atoms with Gasteiger partial charge in [0.2, 0.25) is 0 Å². The Labute approximate surface area is 121 Å². The summed E-state index contributed by atoms with van der Waals surface area (Å²) in [7, 11) is 0. The number of hydrogen-bond donors (Lipinski definition) is 0. The third-order valence-corrected chi connectivity index (χ3v) is 4.51. The molecule has 0 spiro atoms. The molecule has 20 heavy (non-hydrogen) atoms. The minimum atomic E-state index is 0.549. The maximum atomic E-state index is 6.01. The van der Waals surface area contributed by atoms with Crippen LogP contribution in [0, 0.1) is 0 Å². The molecule has 0 aromatic heterocycles. The molecule has 0 aliphatic carbocycles. The average Bonchev–Trinajstić information content (AvgIpc) is 2.48. The molecule has 0 saturated carbocycles. The highest BCUT2D eigenvalue weighted by atomic mass is 16.5. The summed E-state index contributed by atoms with van der Waals surface area (Å²) in [6.45, 7) is 8.25. The van der Waals surface area contributed by atoms with E-state index in [1.165, 1.54) is 37.9 Å². The van der Waals surface area contributed by atoms with E-state index in [9.17, 15) is 0 Å². The van der Waals surface area contributed by atoms with Gasteiger partial charge in [-0.1, -0.05) is 6.92 Å². The lowest BCUT2D eigenvalue weighted by Gasteiger charge is -2.44. The van der Waals surface area contributed by atoms with Crippen LogP contribution in [-0.4, -0.2) is 37.2 Å². The van der Waals surface area contributed by atoms with Gasteiger partial charge in [0.15, 0.2) is 0 Å². The van der Waals surface area contributed by atoms with Crippen LogP contribution in [0.15, 0.2) is 18.2 Å². The topological polar surface area (TPSA) is 21.7 Å². The Bertz CT molecular complexity index is 458. The highest BCUT2D eigenvalue weighted by Crippen LogP contribution is 2.42. The van der Waals surface area contributed by atoms with Gasteiger partial charge in [0, 0.05) is 11.5 Å². The molecule has 110 valence electrons. The van der Waals surface area contributed by atoms with Gasteiger partial charge in [-0.15, -0.1) is 0 Å². The lowest BCUT2D eigenvalue weighted by atomic mass is 9.81. The average molecular weight is 275 g/mol. The van der Waals surface area contributed by atoms with Crippen molar-refractivity contribution in [3.63, 3.8) is 0 Å². The summed E-state index contributed by atoms with van der Waals surface area (Å²) in [5.41, 5.74) is 1.35. The van der Waals surface area contributed by atoms with Gasteiger partial charge in [-0.2, -0.15) is 0 Å². The fraction of sp³-hybridized carbons (Fsp3) is 0.647. The van der Waals surface area contributed by atoms with E-state index in [0.29, 0.717) is 12.0 Å². The van der Waals surface area contributed by atoms with E-state index in [1.807, 2.05) is 13.0 Å². The molecular formula is C17H25NO2. The van der Waals surface area contributed by atoms with E-state index < -0.39 is 0 Å². The normalized spacial score (nSPS) is 25.5. The minimum Gasteiger partial charge on any atom is -0.494 e. The van der Waals surface area contributed by atoms with Crippen LogP contribution in [0.25, 0.3) is 0 Å². The second kappa shape index (κ2) is 6.04. The van der Waals surface area contributed by atoms with Crippen molar-refractivity contribution < 1.29 is 9.47 Å². The highest BCUT2D eigenvalue weighted by molar-refractivity contribution is 5.45. The largest absolute Gasteiger partial charge is 0.494 e. The quantitative estimate of drug-likeness (QED) is 0.840. The molecule has 1 aromatic carbocycles. The van der Waals surface area contributed by atoms with Crippen LogP contribution < -0.4 is 9.47 Å². The van der Waals surface area contributed by atoms with Crippen molar-refractivity contribution in [1.29, 1.82) is 0 Å². The second-order valence-corrected chi connectivity index (χ2v) is 5.80. The number of hydrogen-bond acceptors (Lipinski definition) is 3. The molecule has 3 nitrogen and oxygen atoms in total. The molecule has 1 fully saturated rings. The van der Waals surface area contributed by atoms with Gasteiger partial charge >= 0.3 is 0 Å². The zero-order valence-electron chi connectivity index (χ0n) is 12.6. The summed E-state index contributed by atoms with van der Waals surface area (Å²) in [5, 5.41) is 0. The number of benzene rings is 1. The molecule has 1 saturated heterocycles. The van der Waals surface area contributed by atoms with E-state index in [4.69, 9.17) is 9.47 Å². The summed E-state index contributed by atoms with van der Waals surface area (Å²) in [4.78, 5) is 2.62. The van der Waals surface area contributed by atoms with Crippen molar-refractivity contribution in [2.75, 3.05) is 26.3 Å². The number of piperidine rings is 1. The van der Waals surface area contributed by atoms with Gasteiger partial charge in [0.1, 0.15) is 18.1 Å². The Balaban J connectivity index is 1.87. The zero-order valence-corrected chi connectivity index (χ0v) is 12.6. The number of rotatable bonds is 4. The molecule has 0 N–H and O–H groups in total. The van der Waals surface area contributed by atoms with Crippen molar-refractivity contribution in [1.82, 2.24) is 4.90 Å². The third kappa shape index (κ3) is 2.51. The van der Waals surface area contributed by atoms with E-state index >= 15 is 0 Å². The van der Waals surface area contributed by atoms with Gasteiger partial charge in [-0.3, -0.25) is 4.90 Å². The molecule has 2 atom stereocenters. The predicted octanol–water partition coefficient (Wildman–Crippen LogP) is 3.44. The van der Waals surface area contributed by atoms with Crippen molar-refractivity contribution in [3.05, 3.63) is 23.8 Å². The Morgan fingerprint density at radius 3 is 3.05 bits per heavy atom. The monoisotopic (exact) mass is 275 g/mol. The summed E-state index contributed by atoms with van der Waals surface area (Å²) >= 11 is 0. The molecule has 3 heteroatoms. The van der Waals surface area contributed by atoms with Gasteiger partial charge in [0.05, 0.1) is 12.6 Å². The Hall–Kier alpha value is -1.22. The second-order valence-electron chi connectivity index (χ2n) is 5.80. The molecule has 2 aliphatic heterocycles. The first-order chi connectivity index (χ1) is 9.83. The van der Waals surface area contributed by atoms with E-state index in [0.717, 1.165) is 24.7 Å². The first kappa shape index (κ1) is 13.7. The molecule has 0 unspecified atom stereocenters. The molecule has 2 aliphatic rings. The highest BCUT2D eigenvalue weighted by Gasteiger charge is 2.37. The van der Waals surface area contributed by atoms with Crippen LogP contribution in [0.5, 0.6) is 11.5 Å². The molecule has 0 bridgehead atoms. The van der Waals surface area contributed by atoms with Crippen LogP contribution in [0.4, 0.5) is 0 Å². The van der Waals surface area contributed by atoms with Crippen LogP contribution in [-0.2, 0) is 0 Å². The zero-order chi connectivity index (χ0) is 13.9. The molecule has 3 rings (SSSR count). The lowest BCUT2D eigenvalue weighted by molar-refractivity contribution is 0.0657. The molecule has 1 aromatic rings. The van der Waals surface area contributed by atoms with E-state index in [1.54, 1.807) is 0 Å². The maximum absolute atomic E-state index is 6.01. The van der Waals surface area contributed by atoms with Crippen LogP contribution >= 0.6 is 0 Å². The van der Waals surface area contributed by atoms with Crippen LogP contribution in [0.3, 0.4) is 0 Å². The molecule has 0 amide bonds. The maximum Gasteiger partial charge on any atom is 0.123 e. The summed E-state index contributed by atoms with van der Waals surface area (Å²) in [6.07, 6.45) is 3.78. The number of nitrogens with zero attached hydrogens (tertiary/aromatic N) is 1. The SMILES string of the molecule is CCCN1CCC[C@H]2c3cc(OCC)ccc3OC[C@@H]21. The predicted molar refractivity (Wildman–Crippen MR) is 80.7 cm³/mol. The van der Waals surface area contributed by atoms with Crippen molar-refractivity contribution in [3.8, 4) is 11.5 Å². The number of ether oxygens (including phenoxy) is 2. The lowest BCUT2D eigenvalue weighted by Crippen LogP contribution is -2.49. The minimum absolute atomic E-state index is 0.549. The first-order valence-electron chi connectivity index (χ1n) is 7.97. The summed E-state index contributed by atoms with van der Waals surface area (Å²) in [5.74, 6) is 2.65. The van der Waals surface area contributed by atoms with Crippen molar-refractivity contribution in [2.24, 2.45) is 0 Å². The van der Waals surface area contributed by atoms with Crippen LogP contribution in [0.2, 0.25) is 0 Å². The fourth-order valence-electron chi connectivity index (χ4n) is 3.66. The Kier molecular flexibility index (Phi) is 4.16. The third-order valence-electron chi connectivity index (χ3n) is 4.51. The smallest absolute Gasteiger partial charge is 0.123 e. The van der Waals surface area contributed by atoms with Gasteiger partial charge in [0.25, 0.3) is 0 Å². The number of likely N-dealkylation sites (tertiary alicyclic amines) is 1. The van der Waals surface area contributed by atoms with E-state index in [2.05, 4.69) is 24.0 Å². The van der Waals surface area contributed by atoms with Crippen molar-refractivity contribution >= 4 is 0 Å². The summed E-state index contributed by atoms with van der Waals surface area (Å²) < 4.78 is 11.7. The van der Waals surface area contributed by atoms with Gasteiger partial charge in [-0.25, -0.2) is 0 Å². The van der Waals surface area contributed by atoms with Gasteiger partial charge in [-0.05, 0) is 57.5 Å². The van der Waals surface area contributed by atoms with Crippen molar-refractivity contribution in [2.45, 2.75) is 45.1 Å². The van der Waals surface area contributed by atoms with Crippen LogP contribution in [0.1, 0.15) is 44.6 Å². The first-order valence-corrected chi connectivity index (χ1v) is 7.97. The standard InChI is InChI=1S/C17H25NO2/c1-3-9-18-10-5-6-14-15-11-13(19-4-2)7-8-17(15)20-12-16(14)18/h7-8,11,14,16H,3-6,9-10,12H2,1-2H3/t14-,16-/m0/s1. The number of fused-ring (bicyclic) bond motifs is 3. The molecule has 0 radical (unpaired) electrons. The Morgan fingerprint density at radius 2 is 2.25 bits per heavy atom. The van der Waals surface area contributed by atoms with E-state index in [-0.39, 0.29) is 0 Å². The fourth-order valence-corrected chi connectivity index (χ4v) is 3.66. The Morgan fingerprint density at radius 1 is 1.35 bits per heavy atom. The molecular weight excluding hydrogens is 250 g/mol. The summed E-state index contributed by atoms with van der Waals surface area (Å²) in [6, 6.07) is 6.85. The molecule has 2 heterocycles.